The molecule has 0 radical (unpaired) electrons. The predicted molar refractivity (Wildman–Crippen MR) is 124 cm³/mol. The molecule has 1 saturated heterocycles. The van der Waals surface area contributed by atoms with E-state index in [1.165, 1.54) is 0 Å². The molecule has 0 saturated carbocycles. The molecule has 9 nitrogen and oxygen atoms in total. The first-order chi connectivity index (χ1) is 15.7. The molecule has 1 aliphatic heterocycles. The van der Waals surface area contributed by atoms with Crippen LogP contribution in [0, 0.1) is 11.8 Å². The lowest BCUT2D eigenvalue weighted by molar-refractivity contribution is -0.164. The Morgan fingerprint density at radius 2 is 2.03 bits per heavy atom. The summed E-state index contributed by atoms with van der Waals surface area (Å²) in [6.07, 6.45) is 0.924. The number of fused-ring (bicyclic) bond motifs is 1. The molecular weight excluding hydrogens is 471 g/mol. The average Bonchev–Trinajstić information content (AvgIpc) is 3.29. The fraction of sp³-hybridized carbons (Fsp3) is 0.545. The second-order valence-corrected chi connectivity index (χ2v) is 9.04. The van der Waals surface area contributed by atoms with E-state index in [-0.39, 0.29) is 30.6 Å². The molecule has 0 aliphatic carbocycles. The van der Waals surface area contributed by atoms with Gasteiger partial charge in [-0.1, -0.05) is 37.0 Å². The SMILES string of the molecule is CCOC1OC(=O)CC1NC(=O)C(CC(=O)NCCn1cnc2cc(Cl)c(Cl)cc21)C(C)C. The minimum atomic E-state index is -0.804. The number of benzene rings is 1. The van der Waals surface area contributed by atoms with E-state index in [1.54, 1.807) is 25.4 Å². The molecule has 3 rings (SSSR count). The average molecular weight is 499 g/mol. The number of hydrogen-bond donors (Lipinski definition) is 2. The van der Waals surface area contributed by atoms with Gasteiger partial charge in [-0.15, -0.1) is 0 Å². The number of carbonyl (C=O) groups is 3. The number of rotatable bonds is 10. The molecule has 1 aromatic carbocycles. The van der Waals surface area contributed by atoms with Crippen molar-refractivity contribution in [2.75, 3.05) is 13.2 Å². The molecule has 1 aromatic heterocycles. The molecular formula is C22H28Cl2N4O5. The summed E-state index contributed by atoms with van der Waals surface area (Å²) in [5.41, 5.74) is 1.53. The zero-order chi connectivity index (χ0) is 24.1. The van der Waals surface area contributed by atoms with Gasteiger partial charge in [0.1, 0.15) is 6.04 Å². The van der Waals surface area contributed by atoms with Gasteiger partial charge in [0.15, 0.2) is 0 Å². The summed E-state index contributed by atoms with van der Waals surface area (Å²) >= 11 is 12.1. The Balaban J connectivity index is 1.53. The van der Waals surface area contributed by atoms with Crippen molar-refractivity contribution >= 4 is 52.0 Å². The Bertz CT molecular complexity index is 1030. The summed E-state index contributed by atoms with van der Waals surface area (Å²) in [5, 5.41) is 6.53. The molecule has 3 unspecified atom stereocenters. The van der Waals surface area contributed by atoms with Crippen LogP contribution in [-0.4, -0.2) is 52.8 Å². The number of cyclic esters (lactones) is 1. The van der Waals surface area contributed by atoms with Gasteiger partial charge in [0, 0.05) is 32.0 Å². The van der Waals surface area contributed by atoms with Gasteiger partial charge in [-0.3, -0.25) is 14.4 Å². The third kappa shape index (κ3) is 6.37. The summed E-state index contributed by atoms with van der Waals surface area (Å²) < 4.78 is 12.3. The zero-order valence-electron chi connectivity index (χ0n) is 18.8. The van der Waals surface area contributed by atoms with Crippen LogP contribution in [0.1, 0.15) is 33.6 Å². The number of imidazole rings is 1. The highest BCUT2D eigenvalue weighted by molar-refractivity contribution is 6.42. The van der Waals surface area contributed by atoms with Gasteiger partial charge in [0.05, 0.1) is 33.8 Å². The fourth-order valence-electron chi connectivity index (χ4n) is 3.71. The summed E-state index contributed by atoms with van der Waals surface area (Å²) in [6.45, 7) is 6.72. The molecule has 0 spiro atoms. The standard InChI is InChI=1S/C22H28Cl2N4O5/c1-4-32-22-17(10-20(30)33-22)27-21(31)13(12(2)3)7-19(29)25-5-6-28-11-26-16-8-14(23)15(24)9-18(16)28/h8-9,11-13,17,22H,4-7,10H2,1-3H3,(H,25,29)(H,27,31). The summed E-state index contributed by atoms with van der Waals surface area (Å²) in [5.74, 6) is -1.61. The van der Waals surface area contributed by atoms with E-state index >= 15 is 0 Å². The van der Waals surface area contributed by atoms with Crippen molar-refractivity contribution in [1.29, 1.82) is 0 Å². The molecule has 2 N–H and O–H groups in total. The molecule has 2 aromatic rings. The second kappa shape index (κ2) is 11.2. The Labute approximate surface area is 202 Å². The number of nitrogens with one attached hydrogen (secondary N) is 2. The zero-order valence-corrected chi connectivity index (χ0v) is 20.3. The largest absolute Gasteiger partial charge is 0.433 e. The van der Waals surface area contributed by atoms with E-state index in [0.29, 0.717) is 35.3 Å². The summed E-state index contributed by atoms with van der Waals surface area (Å²) in [4.78, 5) is 41.3. The smallest absolute Gasteiger partial charge is 0.310 e. The van der Waals surface area contributed by atoms with Crippen LogP contribution in [0.25, 0.3) is 11.0 Å². The third-order valence-corrected chi connectivity index (χ3v) is 6.23. The normalized spacial score (nSPS) is 19.0. The predicted octanol–water partition coefficient (Wildman–Crippen LogP) is 2.92. The highest BCUT2D eigenvalue weighted by Crippen LogP contribution is 2.27. The van der Waals surface area contributed by atoms with E-state index in [0.717, 1.165) is 5.52 Å². The number of esters is 1. The van der Waals surface area contributed by atoms with Gasteiger partial charge in [-0.2, -0.15) is 0 Å². The number of halogens is 2. The quantitative estimate of drug-likeness (QED) is 0.487. The van der Waals surface area contributed by atoms with Crippen LogP contribution in [0.2, 0.25) is 10.0 Å². The number of nitrogens with zero attached hydrogens (tertiary/aromatic N) is 2. The molecule has 1 fully saturated rings. The summed E-state index contributed by atoms with van der Waals surface area (Å²) in [7, 11) is 0. The van der Waals surface area contributed by atoms with E-state index in [4.69, 9.17) is 32.7 Å². The van der Waals surface area contributed by atoms with Gasteiger partial charge in [-0.05, 0) is 25.0 Å². The Morgan fingerprint density at radius 1 is 1.30 bits per heavy atom. The highest BCUT2D eigenvalue weighted by Gasteiger charge is 2.38. The molecule has 180 valence electrons. The molecule has 2 heterocycles. The van der Waals surface area contributed by atoms with Crippen molar-refractivity contribution in [3.63, 3.8) is 0 Å². The van der Waals surface area contributed by atoms with Crippen LogP contribution in [0.15, 0.2) is 18.5 Å². The number of carbonyl (C=O) groups excluding carboxylic acids is 3. The van der Waals surface area contributed by atoms with Crippen LogP contribution in [0.4, 0.5) is 0 Å². The summed E-state index contributed by atoms with van der Waals surface area (Å²) in [6, 6.07) is 2.86. The number of ether oxygens (including phenoxy) is 2. The van der Waals surface area contributed by atoms with Gasteiger partial charge >= 0.3 is 5.97 Å². The Morgan fingerprint density at radius 3 is 2.73 bits per heavy atom. The maximum Gasteiger partial charge on any atom is 0.310 e. The molecule has 3 atom stereocenters. The van der Waals surface area contributed by atoms with E-state index < -0.39 is 24.2 Å². The molecule has 11 heteroatoms. The van der Waals surface area contributed by atoms with Crippen LogP contribution in [0.5, 0.6) is 0 Å². The van der Waals surface area contributed by atoms with E-state index in [1.807, 2.05) is 18.4 Å². The van der Waals surface area contributed by atoms with Crippen molar-refractivity contribution in [3.8, 4) is 0 Å². The maximum absolute atomic E-state index is 12.8. The Hall–Kier alpha value is -2.36. The lowest BCUT2D eigenvalue weighted by Crippen LogP contribution is -2.46. The third-order valence-electron chi connectivity index (χ3n) is 5.51. The van der Waals surface area contributed by atoms with Crippen molar-refractivity contribution in [1.82, 2.24) is 20.2 Å². The minimum Gasteiger partial charge on any atom is -0.433 e. The first-order valence-electron chi connectivity index (χ1n) is 10.9. The number of aromatic nitrogens is 2. The monoisotopic (exact) mass is 498 g/mol. The van der Waals surface area contributed by atoms with Crippen LogP contribution in [0.3, 0.4) is 0 Å². The maximum atomic E-state index is 12.8. The lowest BCUT2D eigenvalue weighted by atomic mass is 9.91. The fourth-order valence-corrected chi connectivity index (χ4v) is 4.03. The molecule has 33 heavy (non-hydrogen) atoms. The molecule has 1 aliphatic rings. The minimum absolute atomic E-state index is 0.0242. The van der Waals surface area contributed by atoms with E-state index in [9.17, 15) is 14.4 Å². The first kappa shape index (κ1) is 25.3. The first-order valence-corrected chi connectivity index (χ1v) is 11.6. The number of hydrogen-bond acceptors (Lipinski definition) is 6. The number of amides is 2. The van der Waals surface area contributed by atoms with Gasteiger partial charge in [0.2, 0.25) is 18.1 Å². The van der Waals surface area contributed by atoms with Crippen molar-refractivity contribution in [3.05, 3.63) is 28.5 Å². The molecule has 2 amide bonds. The van der Waals surface area contributed by atoms with E-state index in [2.05, 4.69) is 15.6 Å². The van der Waals surface area contributed by atoms with Crippen LogP contribution in [-0.2, 0) is 30.4 Å². The topological polar surface area (TPSA) is 112 Å². The molecule has 0 bridgehead atoms. The van der Waals surface area contributed by atoms with Crippen molar-refractivity contribution in [2.45, 2.75) is 52.5 Å². The van der Waals surface area contributed by atoms with Gasteiger partial charge in [0.25, 0.3) is 0 Å². The second-order valence-electron chi connectivity index (χ2n) is 8.23. The van der Waals surface area contributed by atoms with Crippen molar-refractivity contribution < 1.29 is 23.9 Å². The van der Waals surface area contributed by atoms with Crippen LogP contribution >= 0.6 is 23.2 Å². The lowest BCUT2D eigenvalue weighted by Gasteiger charge is -2.24. The van der Waals surface area contributed by atoms with Gasteiger partial charge in [-0.25, -0.2) is 4.98 Å². The Kier molecular flexibility index (Phi) is 8.56. The highest BCUT2D eigenvalue weighted by atomic mass is 35.5. The van der Waals surface area contributed by atoms with Crippen LogP contribution < -0.4 is 10.6 Å². The van der Waals surface area contributed by atoms with Gasteiger partial charge < -0.3 is 24.7 Å². The van der Waals surface area contributed by atoms with Crippen molar-refractivity contribution in [2.24, 2.45) is 11.8 Å².